The van der Waals surface area contributed by atoms with E-state index >= 15 is 0 Å². The van der Waals surface area contributed by atoms with Gasteiger partial charge in [0.25, 0.3) is 5.56 Å². The molecule has 3 aromatic rings. The van der Waals surface area contributed by atoms with Gasteiger partial charge in [-0.3, -0.25) is 9.36 Å². The van der Waals surface area contributed by atoms with Crippen LogP contribution in [0.5, 0.6) is 5.75 Å². The third-order valence-electron chi connectivity index (χ3n) is 6.77. The molecule has 8 nitrogen and oxygen atoms in total. The van der Waals surface area contributed by atoms with Crippen LogP contribution in [0.3, 0.4) is 0 Å². The fraction of sp³-hybridized carbons (Fsp3) is 0.417. The van der Waals surface area contributed by atoms with E-state index in [0.29, 0.717) is 23.4 Å². The normalized spacial score (nSPS) is 19.4. The monoisotopic (exact) mass is 435 g/mol. The standard InChI is InChI=1S/C24H29N5O3/c1-15-21(10-9-19-22(15)28(17-7-8-17)24(31)29(26)23(19)30)27-12-11-16(13-27)20(25)14-32-18-5-3-2-4-6-18/h2-6,9-10,16-17,20H,7-8,11-14,25-26H2,1H3/t16?,20-/m1/s1. The summed E-state index contributed by atoms with van der Waals surface area (Å²) in [4.78, 5) is 27.7. The van der Waals surface area contributed by atoms with Crippen LogP contribution < -0.4 is 32.5 Å². The van der Waals surface area contributed by atoms with Crippen LogP contribution in [0.4, 0.5) is 5.69 Å². The van der Waals surface area contributed by atoms with Crippen molar-refractivity contribution >= 4 is 16.6 Å². The first-order valence-corrected chi connectivity index (χ1v) is 11.2. The highest BCUT2D eigenvalue weighted by molar-refractivity contribution is 5.87. The summed E-state index contributed by atoms with van der Waals surface area (Å²) in [5.74, 6) is 6.91. The Morgan fingerprint density at radius 1 is 1.09 bits per heavy atom. The van der Waals surface area contributed by atoms with Crippen molar-refractivity contribution in [3.8, 4) is 5.75 Å². The minimum atomic E-state index is -0.448. The van der Waals surface area contributed by atoms with E-state index in [1.807, 2.05) is 43.3 Å². The summed E-state index contributed by atoms with van der Waals surface area (Å²) in [7, 11) is 0. The Labute approximate surface area is 186 Å². The second-order valence-corrected chi connectivity index (χ2v) is 8.95. The molecule has 32 heavy (non-hydrogen) atoms. The molecule has 1 saturated carbocycles. The lowest BCUT2D eigenvalue weighted by Gasteiger charge is -2.25. The first-order valence-electron chi connectivity index (χ1n) is 11.2. The quantitative estimate of drug-likeness (QED) is 0.571. The molecule has 4 N–H and O–H groups in total. The maximum Gasteiger partial charge on any atom is 0.350 e. The molecule has 168 valence electrons. The lowest BCUT2D eigenvalue weighted by Crippen LogP contribution is -2.44. The molecule has 2 fully saturated rings. The fourth-order valence-electron chi connectivity index (χ4n) is 4.82. The Morgan fingerprint density at radius 3 is 2.56 bits per heavy atom. The maximum absolute atomic E-state index is 12.8. The highest BCUT2D eigenvalue weighted by atomic mass is 16.5. The number of hydrogen-bond acceptors (Lipinski definition) is 6. The summed E-state index contributed by atoms with van der Waals surface area (Å²) in [5.41, 5.74) is 8.28. The van der Waals surface area contributed by atoms with E-state index in [1.54, 1.807) is 10.6 Å². The number of anilines is 1. The van der Waals surface area contributed by atoms with Gasteiger partial charge in [0.2, 0.25) is 0 Å². The van der Waals surface area contributed by atoms with Crippen molar-refractivity contribution in [3.05, 3.63) is 68.9 Å². The molecule has 1 aliphatic heterocycles. The summed E-state index contributed by atoms with van der Waals surface area (Å²) in [6, 6.07) is 13.5. The molecule has 1 saturated heterocycles. The average Bonchev–Trinajstić information content (AvgIpc) is 3.52. The van der Waals surface area contributed by atoms with Crippen molar-refractivity contribution in [3.63, 3.8) is 0 Å². The molecule has 2 aromatic carbocycles. The van der Waals surface area contributed by atoms with Crippen LogP contribution in [-0.4, -0.2) is 35.0 Å². The number of para-hydroxylation sites is 1. The maximum atomic E-state index is 12.8. The Hall–Kier alpha value is -3.26. The molecule has 5 rings (SSSR count). The van der Waals surface area contributed by atoms with Crippen LogP contribution in [0.15, 0.2) is 52.1 Å². The van der Waals surface area contributed by atoms with E-state index < -0.39 is 11.2 Å². The molecule has 2 heterocycles. The van der Waals surface area contributed by atoms with E-state index in [1.165, 1.54) is 0 Å². The average molecular weight is 436 g/mol. The minimum Gasteiger partial charge on any atom is -0.492 e. The second kappa shape index (κ2) is 8.02. The first kappa shape index (κ1) is 20.6. The molecule has 0 spiro atoms. The summed E-state index contributed by atoms with van der Waals surface area (Å²) >= 11 is 0. The number of benzene rings is 2. The highest BCUT2D eigenvalue weighted by Gasteiger charge is 2.32. The predicted octanol–water partition coefficient (Wildman–Crippen LogP) is 1.75. The van der Waals surface area contributed by atoms with Crippen LogP contribution in [0.1, 0.15) is 30.9 Å². The molecular formula is C24H29N5O3. The van der Waals surface area contributed by atoms with Gasteiger partial charge in [-0.2, -0.15) is 4.68 Å². The van der Waals surface area contributed by atoms with Gasteiger partial charge in [0.1, 0.15) is 12.4 Å². The minimum absolute atomic E-state index is 0.0740. The lowest BCUT2D eigenvalue weighted by molar-refractivity contribution is 0.253. The molecule has 0 radical (unpaired) electrons. The molecule has 1 aromatic heterocycles. The molecular weight excluding hydrogens is 406 g/mol. The van der Waals surface area contributed by atoms with Crippen molar-refractivity contribution in [2.75, 3.05) is 30.4 Å². The Balaban J connectivity index is 1.40. The zero-order valence-corrected chi connectivity index (χ0v) is 18.2. The third kappa shape index (κ3) is 3.54. The summed E-state index contributed by atoms with van der Waals surface area (Å²) < 4.78 is 8.30. The smallest absolute Gasteiger partial charge is 0.350 e. The Kier molecular flexibility index (Phi) is 5.17. The first-order chi connectivity index (χ1) is 15.5. The van der Waals surface area contributed by atoms with Crippen LogP contribution in [-0.2, 0) is 0 Å². The topological polar surface area (TPSA) is 109 Å². The number of aromatic nitrogens is 2. The van der Waals surface area contributed by atoms with Gasteiger partial charge in [0, 0.05) is 30.9 Å². The van der Waals surface area contributed by atoms with E-state index in [9.17, 15) is 9.59 Å². The molecule has 1 unspecified atom stereocenters. The summed E-state index contributed by atoms with van der Waals surface area (Å²) in [5, 5.41) is 0.490. The van der Waals surface area contributed by atoms with Crippen molar-refractivity contribution in [1.29, 1.82) is 0 Å². The number of nitrogens with two attached hydrogens (primary N) is 2. The number of ether oxygens (including phenoxy) is 1. The van der Waals surface area contributed by atoms with E-state index in [2.05, 4.69) is 4.90 Å². The fourth-order valence-corrected chi connectivity index (χ4v) is 4.82. The van der Waals surface area contributed by atoms with Gasteiger partial charge in [-0.25, -0.2) is 4.79 Å². The van der Waals surface area contributed by atoms with Crippen molar-refractivity contribution < 1.29 is 4.74 Å². The number of aryl methyl sites for hydroxylation is 1. The number of hydrogen-bond donors (Lipinski definition) is 2. The van der Waals surface area contributed by atoms with Gasteiger partial charge in [-0.1, -0.05) is 18.2 Å². The molecule has 0 amide bonds. The SMILES string of the molecule is Cc1c(N2CCC([C@H](N)COc3ccccc3)C2)ccc2c(=O)n(N)c(=O)n(C3CC3)c12. The number of rotatable bonds is 6. The van der Waals surface area contributed by atoms with Crippen LogP contribution in [0.2, 0.25) is 0 Å². The number of nitrogens with zero attached hydrogens (tertiary/aromatic N) is 3. The third-order valence-corrected chi connectivity index (χ3v) is 6.77. The van der Waals surface area contributed by atoms with Gasteiger partial charge in [-0.05, 0) is 61.9 Å². The molecule has 8 heteroatoms. The summed E-state index contributed by atoms with van der Waals surface area (Å²) in [6.07, 6.45) is 2.83. The van der Waals surface area contributed by atoms with Crippen molar-refractivity contribution in [1.82, 2.24) is 9.24 Å². The van der Waals surface area contributed by atoms with E-state index in [-0.39, 0.29) is 12.1 Å². The van der Waals surface area contributed by atoms with Crippen molar-refractivity contribution in [2.24, 2.45) is 11.7 Å². The van der Waals surface area contributed by atoms with Crippen LogP contribution in [0.25, 0.3) is 10.9 Å². The number of nitrogen functional groups attached to an aromatic ring is 1. The highest BCUT2D eigenvalue weighted by Crippen LogP contribution is 2.38. The Bertz CT molecular complexity index is 1260. The Morgan fingerprint density at radius 2 is 1.84 bits per heavy atom. The lowest BCUT2D eigenvalue weighted by atomic mass is 10.0. The number of fused-ring (bicyclic) bond motifs is 1. The zero-order chi connectivity index (χ0) is 22.4. The predicted molar refractivity (Wildman–Crippen MR) is 126 cm³/mol. The molecule has 2 atom stereocenters. The van der Waals surface area contributed by atoms with Gasteiger partial charge in [-0.15, -0.1) is 0 Å². The van der Waals surface area contributed by atoms with E-state index in [4.69, 9.17) is 16.3 Å². The zero-order valence-electron chi connectivity index (χ0n) is 18.2. The molecule has 0 bridgehead atoms. The van der Waals surface area contributed by atoms with Crippen molar-refractivity contribution in [2.45, 2.75) is 38.3 Å². The van der Waals surface area contributed by atoms with E-state index in [0.717, 1.165) is 54.0 Å². The molecule has 1 aliphatic carbocycles. The van der Waals surface area contributed by atoms with Gasteiger partial charge >= 0.3 is 5.69 Å². The molecule has 2 aliphatic rings. The van der Waals surface area contributed by atoms with Gasteiger partial charge < -0.3 is 21.2 Å². The van der Waals surface area contributed by atoms with Crippen LogP contribution in [0, 0.1) is 12.8 Å². The largest absolute Gasteiger partial charge is 0.492 e. The summed E-state index contributed by atoms with van der Waals surface area (Å²) in [6.45, 7) is 4.14. The van der Waals surface area contributed by atoms with Gasteiger partial charge in [0.05, 0.1) is 10.9 Å². The second-order valence-electron chi connectivity index (χ2n) is 8.95. The van der Waals surface area contributed by atoms with Gasteiger partial charge in [0.15, 0.2) is 0 Å². The van der Waals surface area contributed by atoms with Crippen LogP contribution >= 0.6 is 0 Å².